The fourth-order valence-corrected chi connectivity index (χ4v) is 2.53. The number of benzene rings is 1. The van der Waals surface area contributed by atoms with Crippen LogP contribution in [0.1, 0.15) is 25.8 Å². The zero-order valence-electron chi connectivity index (χ0n) is 13.4. The topological polar surface area (TPSA) is 32.8 Å². The molecule has 1 aromatic carbocycles. The van der Waals surface area contributed by atoms with E-state index in [1.165, 1.54) is 6.07 Å². The maximum atomic E-state index is 13.2. The Morgan fingerprint density at radius 3 is 2.82 bits per heavy atom. The van der Waals surface area contributed by atoms with Gasteiger partial charge in [0.1, 0.15) is 5.82 Å². The molecule has 0 bridgehead atoms. The minimum Gasteiger partial charge on any atom is -0.449 e. The van der Waals surface area contributed by atoms with E-state index in [-0.39, 0.29) is 11.9 Å². The van der Waals surface area contributed by atoms with Crippen molar-refractivity contribution < 1.29 is 13.9 Å². The van der Waals surface area contributed by atoms with Crippen molar-refractivity contribution in [2.24, 2.45) is 5.92 Å². The predicted molar refractivity (Wildman–Crippen MR) is 84.1 cm³/mol. The van der Waals surface area contributed by atoms with E-state index in [0.717, 1.165) is 31.6 Å². The van der Waals surface area contributed by atoms with Crippen LogP contribution in [-0.4, -0.2) is 48.7 Å². The van der Waals surface area contributed by atoms with Crippen LogP contribution >= 0.6 is 0 Å². The molecule has 0 aliphatic carbocycles. The first-order valence-electron chi connectivity index (χ1n) is 7.93. The highest BCUT2D eigenvalue weighted by Crippen LogP contribution is 2.11. The second-order valence-corrected chi connectivity index (χ2v) is 6.22. The summed E-state index contributed by atoms with van der Waals surface area (Å²) in [5, 5.41) is 0. The van der Waals surface area contributed by atoms with Gasteiger partial charge in [0.25, 0.3) is 0 Å². The molecule has 1 aliphatic rings. The predicted octanol–water partition coefficient (Wildman–Crippen LogP) is 3.13. The summed E-state index contributed by atoms with van der Waals surface area (Å²) in [7, 11) is 0. The van der Waals surface area contributed by atoms with Gasteiger partial charge in [-0.3, -0.25) is 4.90 Å². The number of amides is 1. The Morgan fingerprint density at radius 1 is 1.27 bits per heavy atom. The summed E-state index contributed by atoms with van der Waals surface area (Å²) in [6.07, 6.45) is 0.688. The first kappa shape index (κ1) is 16.7. The van der Waals surface area contributed by atoms with Gasteiger partial charge in [-0.05, 0) is 30.0 Å². The summed E-state index contributed by atoms with van der Waals surface area (Å²) in [4.78, 5) is 16.0. The van der Waals surface area contributed by atoms with Crippen molar-refractivity contribution in [2.45, 2.75) is 26.8 Å². The lowest BCUT2D eigenvalue weighted by Gasteiger charge is -2.22. The lowest BCUT2D eigenvalue weighted by molar-refractivity contribution is 0.0930. The molecule has 5 heteroatoms. The number of hydrogen-bond donors (Lipinski definition) is 0. The average Bonchev–Trinajstić information content (AvgIpc) is 2.70. The number of carbonyl (C=O) groups is 1. The minimum absolute atomic E-state index is 0.203. The van der Waals surface area contributed by atoms with E-state index in [1.807, 2.05) is 19.9 Å². The standard InChI is InChI=1S/C17H25FN2O2/c1-14(2)13-22-17(21)20-8-4-7-19(9-10-20)12-15-5-3-6-16(18)11-15/h3,5-6,11,14H,4,7-10,12-13H2,1-2H3. The molecule has 1 saturated heterocycles. The zero-order chi connectivity index (χ0) is 15.9. The molecule has 22 heavy (non-hydrogen) atoms. The normalized spacial score (nSPS) is 16.6. The Kier molecular flexibility index (Phi) is 6.19. The molecule has 2 rings (SSSR count). The van der Waals surface area contributed by atoms with Crippen LogP contribution in [0.25, 0.3) is 0 Å². The fraction of sp³-hybridized carbons (Fsp3) is 0.588. The number of nitrogens with zero attached hydrogens (tertiary/aromatic N) is 2. The van der Waals surface area contributed by atoms with Crippen molar-refractivity contribution in [3.8, 4) is 0 Å². The number of hydrogen-bond acceptors (Lipinski definition) is 3. The Bertz CT molecular complexity index is 493. The van der Waals surface area contributed by atoms with E-state index < -0.39 is 0 Å². The highest BCUT2D eigenvalue weighted by molar-refractivity contribution is 5.67. The van der Waals surface area contributed by atoms with E-state index in [4.69, 9.17) is 4.74 Å². The van der Waals surface area contributed by atoms with E-state index in [0.29, 0.717) is 25.6 Å². The highest BCUT2D eigenvalue weighted by Gasteiger charge is 2.20. The zero-order valence-corrected chi connectivity index (χ0v) is 13.4. The van der Waals surface area contributed by atoms with Crippen LogP contribution in [0.2, 0.25) is 0 Å². The minimum atomic E-state index is -0.221. The molecule has 0 N–H and O–H groups in total. The van der Waals surface area contributed by atoms with Gasteiger partial charge in [-0.2, -0.15) is 0 Å². The van der Waals surface area contributed by atoms with Crippen molar-refractivity contribution in [2.75, 3.05) is 32.8 Å². The molecule has 1 aromatic rings. The molecule has 0 unspecified atom stereocenters. The van der Waals surface area contributed by atoms with Gasteiger partial charge in [0, 0.05) is 32.7 Å². The van der Waals surface area contributed by atoms with Crippen molar-refractivity contribution in [3.63, 3.8) is 0 Å². The third kappa shape index (κ3) is 5.30. The second kappa shape index (κ2) is 8.13. The quantitative estimate of drug-likeness (QED) is 0.857. The molecular formula is C17H25FN2O2. The van der Waals surface area contributed by atoms with Crippen molar-refractivity contribution in [3.05, 3.63) is 35.6 Å². The van der Waals surface area contributed by atoms with Gasteiger partial charge in [-0.1, -0.05) is 26.0 Å². The van der Waals surface area contributed by atoms with Gasteiger partial charge in [-0.25, -0.2) is 9.18 Å². The molecule has 0 aromatic heterocycles. The lowest BCUT2D eigenvalue weighted by atomic mass is 10.2. The van der Waals surface area contributed by atoms with E-state index >= 15 is 0 Å². The molecule has 0 saturated carbocycles. The van der Waals surface area contributed by atoms with Gasteiger partial charge in [0.05, 0.1) is 6.61 Å². The SMILES string of the molecule is CC(C)COC(=O)N1CCCN(Cc2cccc(F)c2)CC1. The molecule has 1 heterocycles. The van der Waals surface area contributed by atoms with Crippen LogP contribution in [0.4, 0.5) is 9.18 Å². The van der Waals surface area contributed by atoms with Crippen LogP contribution in [0, 0.1) is 11.7 Å². The average molecular weight is 308 g/mol. The molecule has 1 amide bonds. The maximum absolute atomic E-state index is 13.2. The Labute approximate surface area is 131 Å². The number of ether oxygens (including phenoxy) is 1. The van der Waals surface area contributed by atoms with Crippen molar-refractivity contribution >= 4 is 6.09 Å². The summed E-state index contributed by atoms with van der Waals surface area (Å²) in [5.41, 5.74) is 0.968. The summed E-state index contributed by atoms with van der Waals surface area (Å²) < 4.78 is 18.5. The van der Waals surface area contributed by atoms with Crippen LogP contribution < -0.4 is 0 Å². The molecule has 1 aliphatic heterocycles. The van der Waals surface area contributed by atoms with Gasteiger partial charge in [-0.15, -0.1) is 0 Å². The van der Waals surface area contributed by atoms with Crippen LogP contribution in [0.3, 0.4) is 0 Å². The van der Waals surface area contributed by atoms with Gasteiger partial charge in [0.2, 0.25) is 0 Å². The highest BCUT2D eigenvalue weighted by atomic mass is 19.1. The molecule has 4 nitrogen and oxygen atoms in total. The van der Waals surface area contributed by atoms with Crippen LogP contribution in [0.15, 0.2) is 24.3 Å². The Balaban J connectivity index is 1.83. The van der Waals surface area contributed by atoms with Gasteiger partial charge >= 0.3 is 6.09 Å². The summed E-state index contributed by atoms with van der Waals surface area (Å²) >= 11 is 0. The van der Waals surface area contributed by atoms with Crippen molar-refractivity contribution in [1.29, 1.82) is 0 Å². The second-order valence-electron chi connectivity index (χ2n) is 6.22. The van der Waals surface area contributed by atoms with E-state index in [1.54, 1.807) is 17.0 Å². The number of carbonyl (C=O) groups excluding carboxylic acids is 1. The van der Waals surface area contributed by atoms with Crippen LogP contribution in [-0.2, 0) is 11.3 Å². The molecule has 0 radical (unpaired) electrons. The van der Waals surface area contributed by atoms with E-state index in [2.05, 4.69) is 4.90 Å². The van der Waals surface area contributed by atoms with Crippen LogP contribution in [0.5, 0.6) is 0 Å². The van der Waals surface area contributed by atoms with Crippen molar-refractivity contribution in [1.82, 2.24) is 9.80 Å². The third-order valence-corrected chi connectivity index (χ3v) is 3.68. The number of rotatable bonds is 4. The molecule has 0 spiro atoms. The summed E-state index contributed by atoms with van der Waals surface area (Å²) in [6.45, 7) is 8.29. The van der Waals surface area contributed by atoms with Gasteiger partial charge in [0.15, 0.2) is 0 Å². The summed E-state index contributed by atoms with van der Waals surface area (Å²) in [5.74, 6) is 0.145. The number of halogens is 1. The molecule has 1 fully saturated rings. The largest absolute Gasteiger partial charge is 0.449 e. The lowest BCUT2D eigenvalue weighted by Crippen LogP contribution is -2.36. The molecule has 0 atom stereocenters. The Morgan fingerprint density at radius 2 is 2.09 bits per heavy atom. The fourth-order valence-electron chi connectivity index (χ4n) is 2.53. The molecule has 122 valence electrons. The maximum Gasteiger partial charge on any atom is 0.409 e. The third-order valence-electron chi connectivity index (χ3n) is 3.68. The molecular weight excluding hydrogens is 283 g/mol. The van der Waals surface area contributed by atoms with Gasteiger partial charge < -0.3 is 9.64 Å². The monoisotopic (exact) mass is 308 g/mol. The smallest absolute Gasteiger partial charge is 0.409 e. The first-order valence-corrected chi connectivity index (χ1v) is 7.93. The Hall–Kier alpha value is -1.62. The summed E-state index contributed by atoms with van der Waals surface area (Å²) in [6, 6.07) is 6.69. The first-order chi connectivity index (χ1) is 10.5. The van der Waals surface area contributed by atoms with E-state index in [9.17, 15) is 9.18 Å².